The van der Waals surface area contributed by atoms with Crippen molar-refractivity contribution in [2.75, 3.05) is 12.4 Å². The number of phenols is 1. The van der Waals surface area contributed by atoms with Gasteiger partial charge in [0.05, 0.1) is 5.39 Å². The average molecular weight is 293 g/mol. The Morgan fingerprint density at radius 1 is 1.09 bits per heavy atom. The van der Waals surface area contributed by atoms with Crippen LogP contribution in [-0.4, -0.2) is 12.2 Å². The van der Waals surface area contributed by atoms with Crippen molar-refractivity contribution < 1.29 is 9.52 Å². The fraction of sp³-hybridized carbons (Fsp3) is 0.0556. The van der Waals surface area contributed by atoms with Crippen LogP contribution in [0.3, 0.4) is 0 Å². The summed E-state index contributed by atoms with van der Waals surface area (Å²) in [6.07, 6.45) is 3.38. The van der Waals surface area contributed by atoms with Gasteiger partial charge < -0.3 is 14.8 Å². The van der Waals surface area contributed by atoms with E-state index in [0.717, 1.165) is 5.69 Å². The Morgan fingerprint density at radius 2 is 1.91 bits per heavy atom. The zero-order valence-corrected chi connectivity index (χ0v) is 12.0. The predicted octanol–water partition coefficient (Wildman–Crippen LogP) is 3.71. The minimum absolute atomic E-state index is 0.0868. The highest BCUT2D eigenvalue weighted by Gasteiger charge is 2.03. The van der Waals surface area contributed by atoms with Gasteiger partial charge in [-0.2, -0.15) is 0 Å². The third-order valence-corrected chi connectivity index (χ3v) is 3.40. The molecule has 0 radical (unpaired) electrons. The van der Waals surface area contributed by atoms with E-state index in [1.54, 1.807) is 49.5 Å². The van der Waals surface area contributed by atoms with E-state index in [0.29, 0.717) is 22.3 Å². The second-order valence-electron chi connectivity index (χ2n) is 4.87. The van der Waals surface area contributed by atoms with Crippen LogP contribution in [0.1, 0.15) is 11.3 Å². The van der Waals surface area contributed by atoms with Crippen LogP contribution in [0.15, 0.2) is 57.7 Å². The lowest BCUT2D eigenvalue weighted by Crippen LogP contribution is -1.99. The van der Waals surface area contributed by atoms with Crippen molar-refractivity contribution in [3.63, 3.8) is 0 Å². The number of anilines is 1. The molecular formula is C18H15NO3. The highest BCUT2D eigenvalue weighted by Crippen LogP contribution is 2.24. The number of para-hydroxylation sites is 1. The van der Waals surface area contributed by atoms with Gasteiger partial charge in [0, 0.05) is 30.4 Å². The highest BCUT2D eigenvalue weighted by molar-refractivity contribution is 5.78. The van der Waals surface area contributed by atoms with Crippen molar-refractivity contribution in [2.45, 2.75) is 0 Å². The Bertz CT molecular complexity index is 910. The topological polar surface area (TPSA) is 62.5 Å². The van der Waals surface area contributed by atoms with Gasteiger partial charge in [-0.15, -0.1) is 0 Å². The van der Waals surface area contributed by atoms with Gasteiger partial charge in [0.25, 0.3) is 0 Å². The molecule has 0 fully saturated rings. The minimum Gasteiger partial charge on any atom is -0.507 e. The summed E-state index contributed by atoms with van der Waals surface area (Å²) in [7, 11) is 1.79. The summed E-state index contributed by atoms with van der Waals surface area (Å²) in [5.41, 5.74) is 1.93. The number of nitrogens with one attached hydrogen (secondary N) is 1. The smallest absolute Gasteiger partial charge is 0.193 e. The van der Waals surface area contributed by atoms with Crippen LogP contribution in [0.5, 0.6) is 5.75 Å². The quantitative estimate of drug-likeness (QED) is 0.772. The molecule has 0 aliphatic carbocycles. The van der Waals surface area contributed by atoms with Gasteiger partial charge in [-0.05, 0) is 36.4 Å². The van der Waals surface area contributed by atoms with Crippen molar-refractivity contribution in [1.29, 1.82) is 0 Å². The largest absolute Gasteiger partial charge is 0.507 e. The average Bonchev–Trinajstić information content (AvgIpc) is 2.53. The maximum atomic E-state index is 12.0. The second kappa shape index (κ2) is 5.77. The van der Waals surface area contributed by atoms with Gasteiger partial charge in [0.2, 0.25) is 0 Å². The molecule has 0 saturated heterocycles. The molecule has 1 heterocycles. The molecule has 4 nitrogen and oxygen atoms in total. The predicted molar refractivity (Wildman–Crippen MR) is 89.1 cm³/mol. The van der Waals surface area contributed by atoms with Crippen LogP contribution in [0.2, 0.25) is 0 Å². The van der Waals surface area contributed by atoms with Crippen LogP contribution in [0.25, 0.3) is 23.1 Å². The monoisotopic (exact) mass is 293 g/mol. The molecular weight excluding hydrogens is 278 g/mol. The lowest BCUT2D eigenvalue weighted by Gasteiger charge is -2.03. The van der Waals surface area contributed by atoms with E-state index in [2.05, 4.69) is 5.32 Å². The molecule has 3 aromatic rings. The zero-order chi connectivity index (χ0) is 15.5. The van der Waals surface area contributed by atoms with Gasteiger partial charge in [-0.3, -0.25) is 4.79 Å². The summed E-state index contributed by atoms with van der Waals surface area (Å²) < 4.78 is 5.67. The first kappa shape index (κ1) is 13.9. The van der Waals surface area contributed by atoms with E-state index in [9.17, 15) is 9.90 Å². The summed E-state index contributed by atoms with van der Waals surface area (Å²) in [6.45, 7) is 0. The first-order valence-corrected chi connectivity index (χ1v) is 6.89. The number of rotatable bonds is 3. The first-order valence-electron chi connectivity index (χ1n) is 6.89. The van der Waals surface area contributed by atoms with Gasteiger partial charge in [-0.25, -0.2) is 0 Å². The van der Waals surface area contributed by atoms with Crippen molar-refractivity contribution >= 4 is 28.8 Å². The molecule has 0 aliphatic rings. The molecule has 0 aliphatic heterocycles. The van der Waals surface area contributed by atoms with Crippen LogP contribution in [0.4, 0.5) is 5.69 Å². The molecule has 110 valence electrons. The van der Waals surface area contributed by atoms with Crippen LogP contribution in [-0.2, 0) is 0 Å². The van der Waals surface area contributed by atoms with E-state index in [1.807, 2.05) is 12.1 Å². The number of phenolic OH excluding ortho intramolecular Hbond substituents is 1. The Morgan fingerprint density at radius 3 is 2.68 bits per heavy atom. The van der Waals surface area contributed by atoms with E-state index in [4.69, 9.17) is 4.42 Å². The van der Waals surface area contributed by atoms with Gasteiger partial charge in [0.1, 0.15) is 17.1 Å². The zero-order valence-electron chi connectivity index (χ0n) is 12.0. The summed E-state index contributed by atoms with van der Waals surface area (Å²) in [4.78, 5) is 12.0. The summed E-state index contributed by atoms with van der Waals surface area (Å²) in [6, 6.07) is 13.8. The van der Waals surface area contributed by atoms with Crippen LogP contribution in [0, 0.1) is 0 Å². The summed E-state index contributed by atoms with van der Waals surface area (Å²) >= 11 is 0. The van der Waals surface area contributed by atoms with Gasteiger partial charge in [-0.1, -0.05) is 12.1 Å². The minimum atomic E-state index is -0.0868. The third kappa shape index (κ3) is 2.72. The Kier molecular flexibility index (Phi) is 3.66. The molecule has 22 heavy (non-hydrogen) atoms. The molecule has 0 unspecified atom stereocenters. The molecule has 0 spiro atoms. The fourth-order valence-corrected chi connectivity index (χ4v) is 2.22. The number of benzene rings is 2. The molecule has 0 bridgehead atoms. The molecule has 3 rings (SSSR count). The molecule has 1 aromatic heterocycles. The fourth-order valence-electron chi connectivity index (χ4n) is 2.22. The van der Waals surface area contributed by atoms with Crippen molar-refractivity contribution in [1.82, 2.24) is 0 Å². The van der Waals surface area contributed by atoms with Gasteiger partial charge >= 0.3 is 0 Å². The number of hydrogen-bond donors (Lipinski definition) is 2. The number of aromatic hydroxyl groups is 1. The van der Waals surface area contributed by atoms with E-state index in [-0.39, 0.29) is 11.2 Å². The lowest BCUT2D eigenvalue weighted by atomic mass is 10.1. The maximum absolute atomic E-state index is 12.0. The summed E-state index contributed by atoms with van der Waals surface area (Å²) in [5, 5.41) is 13.5. The highest BCUT2D eigenvalue weighted by atomic mass is 16.3. The SMILES string of the molecule is CNc1ccc(C=Cc2cc(=O)c3ccccc3o2)c(O)c1. The van der Waals surface area contributed by atoms with Gasteiger partial charge in [0.15, 0.2) is 5.43 Å². The molecule has 2 N–H and O–H groups in total. The van der Waals surface area contributed by atoms with E-state index >= 15 is 0 Å². The van der Waals surface area contributed by atoms with Crippen molar-refractivity contribution in [3.8, 4) is 5.75 Å². The molecule has 0 atom stereocenters. The number of fused-ring (bicyclic) bond motifs is 1. The molecule has 2 aromatic carbocycles. The van der Waals surface area contributed by atoms with Crippen molar-refractivity contribution in [2.24, 2.45) is 0 Å². The second-order valence-corrected chi connectivity index (χ2v) is 4.87. The molecule has 4 heteroatoms. The standard InChI is InChI=1S/C18H15NO3/c1-19-13-8-6-12(16(20)10-13)7-9-14-11-17(21)15-4-2-3-5-18(15)22-14/h2-11,19-20H,1H3. The van der Waals surface area contributed by atoms with E-state index in [1.165, 1.54) is 6.07 Å². The first-order chi connectivity index (χ1) is 10.7. The van der Waals surface area contributed by atoms with Crippen LogP contribution < -0.4 is 10.7 Å². The maximum Gasteiger partial charge on any atom is 0.193 e. The normalized spacial score (nSPS) is 11.1. The molecule has 0 amide bonds. The Hall–Kier alpha value is -3.01. The summed E-state index contributed by atoms with van der Waals surface area (Å²) in [5.74, 6) is 0.604. The lowest BCUT2D eigenvalue weighted by molar-refractivity contribution is 0.474. The number of hydrogen-bond acceptors (Lipinski definition) is 4. The van der Waals surface area contributed by atoms with E-state index < -0.39 is 0 Å². The Balaban J connectivity index is 1.97. The van der Waals surface area contributed by atoms with Crippen molar-refractivity contribution in [3.05, 3.63) is 70.1 Å². The molecule has 0 saturated carbocycles. The van der Waals surface area contributed by atoms with Crippen LogP contribution >= 0.6 is 0 Å². The third-order valence-electron chi connectivity index (χ3n) is 3.40. The Labute approximate surface area is 127 Å².